The number of quaternary nitrogens is 1. The molecule has 1 aliphatic rings. The average Bonchev–Trinajstić information content (AvgIpc) is 2.60. The SMILES string of the molecule is c1cn(C[NH+]2CCCC2)cn1. The number of nitrogens with zero attached hydrogens (tertiary/aromatic N) is 2. The van der Waals surface area contributed by atoms with E-state index in [9.17, 15) is 0 Å². The van der Waals surface area contributed by atoms with E-state index in [4.69, 9.17) is 0 Å². The van der Waals surface area contributed by atoms with Crippen molar-refractivity contribution in [2.45, 2.75) is 19.5 Å². The Kier molecular flexibility index (Phi) is 1.90. The molecular formula is C8H14N3+. The van der Waals surface area contributed by atoms with Crippen LogP contribution in [0.3, 0.4) is 0 Å². The van der Waals surface area contributed by atoms with Gasteiger partial charge in [0.15, 0.2) is 6.67 Å². The Labute approximate surface area is 66.6 Å². The first-order valence-corrected chi connectivity index (χ1v) is 4.24. The number of imidazole rings is 1. The molecule has 0 spiro atoms. The third kappa shape index (κ3) is 1.60. The van der Waals surface area contributed by atoms with Gasteiger partial charge < -0.3 is 4.90 Å². The minimum atomic E-state index is 1.10. The molecule has 3 heteroatoms. The Hall–Kier alpha value is -0.830. The summed E-state index contributed by atoms with van der Waals surface area (Å²) in [5.41, 5.74) is 0. The van der Waals surface area contributed by atoms with Crippen LogP contribution in [0.4, 0.5) is 0 Å². The van der Waals surface area contributed by atoms with E-state index in [2.05, 4.69) is 9.55 Å². The first-order chi connectivity index (χ1) is 5.45. The lowest BCUT2D eigenvalue weighted by Gasteiger charge is -2.11. The molecule has 3 nitrogen and oxygen atoms in total. The highest BCUT2D eigenvalue weighted by Gasteiger charge is 2.14. The quantitative estimate of drug-likeness (QED) is 0.607. The first kappa shape index (κ1) is 6.85. The molecule has 1 aliphatic heterocycles. The second-order valence-corrected chi connectivity index (χ2v) is 3.19. The zero-order chi connectivity index (χ0) is 7.52. The molecule has 11 heavy (non-hydrogen) atoms. The smallest absolute Gasteiger partial charge is 0.157 e. The van der Waals surface area contributed by atoms with Crippen molar-refractivity contribution in [1.82, 2.24) is 9.55 Å². The van der Waals surface area contributed by atoms with E-state index in [-0.39, 0.29) is 0 Å². The molecular weight excluding hydrogens is 138 g/mol. The molecule has 0 atom stereocenters. The zero-order valence-corrected chi connectivity index (χ0v) is 6.66. The molecule has 1 saturated heterocycles. The van der Waals surface area contributed by atoms with Gasteiger partial charge in [-0.05, 0) is 0 Å². The molecule has 0 bridgehead atoms. The fourth-order valence-electron chi connectivity index (χ4n) is 1.67. The van der Waals surface area contributed by atoms with E-state index >= 15 is 0 Å². The maximum atomic E-state index is 4.01. The molecule has 1 N–H and O–H groups in total. The van der Waals surface area contributed by atoms with Crippen LogP contribution in [0.5, 0.6) is 0 Å². The maximum absolute atomic E-state index is 4.01. The van der Waals surface area contributed by atoms with E-state index in [1.807, 2.05) is 18.7 Å². The molecule has 0 amide bonds. The number of hydrogen-bond acceptors (Lipinski definition) is 1. The highest BCUT2D eigenvalue weighted by Crippen LogP contribution is 1.89. The molecule has 1 aromatic rings. The fraction of sp³-hybridized carbons (Fsp3) is 0.625. The molecule has 2 heterocycles. The molecule has 1 aromatic heterocycles. The predicted molar refractivity (Wildman–Crippen MR) is 42.2 cm³/mol. The second kappa shape index (κ2) is 3.05. The van der Waals surface area contributed by atoms with Gasteiger partial charge in [0.1, 0.15) is 0 Å². The lowest BCUT2D eigenvalue weighted by Crippen LogP contribution is -3.09. The Morgan fingerprint density at radius 1 is 1.36 bits per heavy atom. The highest BCUT2D eigenvalue weighted by molar-refractivity contribution is 4.71. The topological polar surface area (TPSA) is 22.3 Å². The average molecular weight is 152 g/mol. The van der Waals surface area contributed by atoms with Crippen molar-refractivity contribution >= 4 is 0 Å². The third-order valence-electron chi connectivity index (χ3n) is 2.28. The zero-order valence-electron chi connectivity index (χ0n) is 6.66. The van der Waals surface area contributed by atoms with Gasteiger partial charge in [-0.2, -0.15) is 0 Å². The van der Waals surface area contributed by atoms with Gasteiger partial charge in [0.2, 0.25) is 0 Å². The minimum Gasteiger partial charge on any atom is -0.318 e. The predicted octanol–water partition coefficient (Wildman–Crippen LogP) is -0.481. The van der Waals surface area contributed by atoms with Crippen LogP contribution in [0.2, 0.25) is 0 Å². The Bertz CT molecular complexity index is 199. The van der Waals surface area contributed by atoms with E-state index in [1.54, 1.807) is 4.90 Å². The Balaban J connectivity index is 1.90. The standard InChI is InChI=1S/C8H13N3/c1-2-5-10(4-1)8-11-6-3-9-7-11/h3,6-7H,1-2,4-5,8H2/p+1. The van der Waals surface area contributed by atoms with Crippen LogP contribution in [0.1, 0.15) is 12.8 Å². The minimum absolute atomic E-state index is 1.10. The summed E-state index contributed by atoms with van der Waals surface area (Å²) in [6, 6.07) is 0. The van der Waals surface area contributed by atoms with Crippen molar-refractivity contribution in [2.75, 3.05) is 13.1 Å². The number of rotatable bonds is 2. The summed E-state index contributed by atoms with van der Waals surface area (Å²) in [7, 11) is 0. The van der Waals surface area contributed by atoms with Gasteiger partial charge >= 0.3 is 0 Å². The van der Waals surface area contributed by atoms with Crippen molar-refractivity contribution in [2.24, 2.45) is 0 Å². The fourth-order valence-corrected chi connectivity index (χ4v) is 1.67. The number of hydrogen-bond donors (Lipinski definition) is 1. The van der Waals surface area contributed by atoms with Crippen molar-refractivity contribution in [3.8, 4) is 0 Å². The van der Waals surface area contributed by atoms with Crippen LogP contribution in [0, 0.1) is 0 Å². The van der Waals surface area contributed by atoms with E-state index in [0.29, 0.717) is 0 Å². The van der Waals surface area contributed by atoms with E-state index < -0.39 is 0 Å². The van der Waals surface area contributed by atoms with E-state index in [0.717, 1.165) is 6.67 Å². The molecule has 0 radical (unpaired) electrons. The molecule has 2 rings (SSSR count). The van der Waals surface area contributed by atoms with E-state index in [1.165, 1.54) is 25.9 Å². The van der Waals surface area contributed by atoms with Gasteiger partial charge in [-0.15, -0.1) is 0 Å². The summed E-state index contributed by atoms with van der Waals surface area (Å²) in [6.07, 6.45) is 8.56. The molecule has 1 fully saturated rings. The normalized spacial score (nSPS) is 19.3. The van der Waals surface area contributed by atoms with Gasteiger partial charge in [0, 0.05) is 25.2 Å². The van der Waals surface area contributed by atoms with Crippen LogP contribution in [-0.4, -0.2) is 22.6 Å². The van der Waals surface area contributed by atoms with Gasteiger partial charge in [-0.3, -0.25) is 4.57 Å². The number of nitrogens with one attached hydrogen (secondary N) is 1. The van der Waals surface area contributed by atoms with Crippen LogP contribution in [0.25, 0.3) is 0 Å². The van der Waals surface area contributed by atoms with Crippen LogP contribution < -0.4 is 4.90 Å². The molecule has 0 unspecified atom stereocenters. The largest absolute Gasteiger partial charge is 0.318 e. The first-order valence-electron chi connectivity index (χ1n) is 4.24. The van der Waals surface area contributed by atoms with Gasteiger partial charge in [0.05, 0.1) is 19.4 Å². The summed E-state index contributed by atoms with van der Waals surface area (Å²) in [6.45, 7) is 3.76. The summed E-state index contributed by atoms with van der Waals surface area (Å²) >= 11 is 0. The Morgan fingerprint density at radius 3 is 2.82 bits per heavy atom. The number of aromatic nitrogens is 2. The number of likely N-dealkylation sites (tertiary alicyclic amines) is 1. The van der Waals surface area contributed by atoms with Gasteiger partial charge in [0.25, 0.3) is 0 Å². The van der Waals surface area contributed by atoms with Crippen molar-refractivity contribution < 1.29 is 4.90 Å². The highest BCUT2D eigenvalue weighted by atomic mass is 15.3. The molecule has 0 aliphatic carbocycles. The summed E-state index contributed by atoms with van der Waals surface area (Å²) in [4.78, 5) is 5.70. The van der Waals surface area contributed by atoms with Gasteiger partial charge in [-0.1, -0.05) is 0 Å². The lowest BCUT2D eigenvalue weighted by atomic mass is 10.4. The lowest BCUT2D eigenvalue weighted by molar-refractivity contribution is -0.910. The van der Waals surface area contributed by atoms with Crippen LogP contribution in [-0.2, 0) is 6.67 Å². The van der Waals surface area contributed by atoms with Crippen LogP contribution in [0.15, 0.2) is 18.7 Å². The van der Waals surface area contributed by atoms with Crippen LogP contribution >= 0.6 is 0 Å². The maximum Gasteiger partial charge on any atom is 0.157 e. The van der Waals surface area contributed by atoms with Crippen molar-refractivity contribution in [1.29, 1.82) is 0 Å². The molecule has 60 valence electrons. The Morgan fingerprint density at radius 2 is 2.18 bits per heavy atom. The monoisotopic (exact) mass is 152 g/mol. The third-order valence-corrected chi connectivity index (χ3v) is 2.28. The van der Waals surface area contributed by atoms with Crippen molar-refractivity contribution in [3.05, 3.63) is 18.7 Å². The summed E-state index contributed by atoms with van der Waals surface area (Å²) in [5, 5.41) is 0. The van der Waals surface area contributed by atoms with Crippen molar-refractivity contribution in [3.63, 3.8) is 0 Å². The summed E-state index contributed by atoms with van der Waals surface area (Å²) < 4.78 is 2.15. The van der Waals surface area contributed by atoms with Gasteiger partial charge in [-0.25, -0.2) is 4.98 Å². The molecule has 0 aromatic carbocycles. The summed E-state index contributed by atoms with van der Waals surface area (Å²) in [5.74, 6) is 0. The second-order valence-electron chi connectivity index (χ2n) is 3.19. The molecule has 0 saturated carbocycles.